The normalized spacial score (nSPS) is 10.2. The lowest BCUT2D eigenvalue weighted by atomic mass is 10.1. The Labute approximate surface area is 158 Å². The third-order valence-electron chi connectivity index (χ3n) is 3.62. The Balaban J connectivity index is 1.51. The lowest BCUT2D eigenvalue weighted by molar-refractivity contribution is -0.122. The van der Waals surface area contributed by atoms with E-state index in [1.807, 2.05) is 42.5 Å². The third kappa shape index (κ3) is 7.57. The lowest BCUT2D eigenvalue weighted by Gasteiger charge is -2.09. The van der Waals surface area contributed by atoms with Crippen molar-refractivity contribution in [1.82, 2.24) is 10.6 Å². The van der Waals surface area contributed by atoms with E-state index in [0.717, 1.165) is 5.56 Å². The highest BCUT2D eigenvalue weighted by Gasteiger charge is 2.05. The summed E-state index contributed by atoms with van der Waals surface area (Å²) in [6.07, 6.45) is 1.30. The van der Waals surface area contributed by atoms with Crippen LogP contribution in [0.15, 0.2) is 54.6 Å². The lowest BCUT2D eigenvalue weighted by Crippen LogP contribution is -2.35. The molecule has 6 heteroatoms. The van der Waals surface area contributed by atoms with Crippen LogP contribution < -0.4 is 15.4 Å². The van der Waals surface area contributed by atoms with Gasteiger partial charge < -0.3 is 15.4 Å². The molecule has 0 aliphatic heterocycles. The summed E-state index contributed by atoms with van der Waals surface area (Å²) in [5.74, 6) is 0.499. The second-order valence-corrected chi connectivity index (χ2v) is 6.15. The van der Waals surface area contributed by atoms with Gasteiger partial charge in [0.1, 0.15) is 5.75 Å². The summed E-state index contributed by atoms with van der Waals surface area (Å²) in [5.41, 5.74) is 0.965. The second-order valence-electron chi connectivity index (χ2n) is 5.74. The minimum atomic E-state index is -0.0648. The molecule has 0 aromatic heterocycles. The average Bonchev–Trinajstić information content (AvgIpc) is 2.64. The molecule has 0 spiro atoms. The Bertz CT molecular complexity index is 707. The van der Waals surface area contributed by atoms with Crippen molar-refractivity contribution in [2.75, 3.05) is 19.7 Å². The van der Waals surface area contributed by atoms with Crippen LogP contribution in [0.25, 0.3) is 0 Å². The Morgan fingerprint density at radius 2 is 1.54 bits per heavy atom. The summed E-state index contributed by atoms with van der Waals surface area (Å²) in [5, 5.41) is 6.12. The van der Waals surface area contributed by atoms with Crippen LogP contribution in [0.1, 0.15) is 18.4 Å². The molecule has 0 saturated heterocycles. The highest BCUT2D eigenvalue weighted by molar-refractivity contribution is 6.32. The first-order chi connectivity index (χ1) is 12.6. The summed E-state index contributed by atoms with van der Waals surface area (Å²) < 4.78 is 5.53. The van der Waals surface area contributed by atoms with Crippen LogP contribution in [-0.4, -0.2) is 31.5 Å². The number of rotatable bonds is 10. The van der Waals surface area contributed by atoms with E-state index >= 15 is 0 Å². The van der Waals surface area contributed by atoms with Gasteiger partial charge in [-0.3, -0.25) is 9.59 Å². The highest BCUT2D eigenvalue weighted by atomic mass is 35.5. The molecule has 0 fully saturated rings. The smallest absolute Gasteiger partial charge is 0.224 e. The van der Waals surface area contributed by atoms with E-state index in [1.165, 1.54) is 0 Å². The molecule has 2 aromatic carbocycles. The Morgan fingerprint density at radius 3 is 2.27 bits per heavy atom. The molecule has 0 radical (unpaired) electrons. The molecule has 0 atom stereocenters. The van der Waals surface area contributed by atoms with E-state index in [0.29, 0.717) is 49.7 Å². The number of halogens is 1. The van der Waals surface area contributed by atoms with Gasteiger partial charge in [0.15, 0.2) is 0 Å². The molecule has 5 nitrogen and oxygen atoms in total. The maximum absolute atomic E-state index is 11.8. The molecule has 0 heterocycles. The van der Waals surface area contributed by atoms with Crippen LogP contribution >= 0.6 is 11.6 Å². The fourth-order valence-corrected chi connectivity index (χ4v) is 2.50. The SMILES string of the molecule is O=C(CCCOc1ccccc1Cl)NCCNC(=O)Cc1ccccc1. The summed E-state index contributed by atoms with van der Waals surface area (Å²) in [7, 11) is 0. The molecule has 2 amide bonds. The second kappa shape index (κ2) is 11.2. The van der Waals surface area contributed by atoms with Gasteiger partial charge in [-0.25, -0.2) is 0 Å². The zero-order valence-electron chi connectivity index (χ0n) is 14.5. The van der Waals surface area contributed by atoms with Gasteiger partial charge in [-0.05, 0) is 24.1 Å². The number of benzene rings is 2. The maximum atomic E-state index is 11.8. The summed E-state index contributed by atoms with van der Waals surface area (Å²) in [6, 6.07) is 16.8. The van der Waals surface area contributed by atoms with Crippen molar-refractivity contribution in [3.8, 4) is 5.75 Å². The third-order valence-corrected chi connectivity index (χ3v) is 3.93. The van der Waals surface area contributed by atoms with E-state index in [-0.39, 0.29) is 11.8 Å². The molecule has 0 aliphatic carbocycles. The van der Waals surface area contributed by atoms with Crippen LogP contribution in [-0.2, 0) is 16.0 Å². The number of hydrogen-bond donors (Lipinski definition) is 2. The number of para-hydroxylation sites is 1. The molecular formula is C20H23ClN2O3. The summed E-state index contributed by atoms with van der Waals surface area (Å²) in [6.45, 7) is 1.24. The van der Waals surface area contributed by atoms with E-state index in [1.54, 1.807) is 12.1 Å². The number of carbonyl (C=O) groups excluding carboxylic acids is 2. The first-order valence-electron chi connectivity index (χ1n) is 8.60. The standard InChI is InChI=1S/C20H23ClN2O3/c21-17-9-4-5-10-18(17)26-14-6-11-19(24)22-12-13-23-20(25)15-16-7-2-1-3-8-16/h1-5,7-10H,6,11-15H2,(H,22,24)(H,23,25). The van der Waals surface area contributed by atoms with Crippen LogP contribution in [0.5, 0.6) is 5.75 Å². The number of carbonyl (C=O) groups is 2. The fraction of sp³-hybridized carbons (Fsp3) is 0.300. The van der Waals surface area contributed by atoms with Crippen molar-refractivity contribution in [1.29, 1.82) is 0 Å². The van der Waals surface area contributed by atoms with Gasteiger partial charge in [0.25, 0.3) is 0 Å². The molecular weight excluding hydrogens is 352 g/mol. The molecule has 26 heavy (non-hydrogen) atoms. The molecule has 2 aromatic rings. The fourth-order valence-electron chi connectivity index (χ4n) is 2.31. The maximum Gasteiger partial charge on any atom is 0.224 e. The van der Waals surface area contributed by atoms with E-state index in [2.05, 4.69) is 10.6 Å². The monoisotopic (exact) mass is 374 g/mol. The van der Waals surface area contributed by atoms with Gasteiger partial charge >= 0.3 is 0 Å². The number of ether oxygens (including phenoxy) is 1. The van der Waals surface area contributed by atoms with Gasteiger partial charge in [0.2, 0.25) is 11.8 Å². The predicted molar refractivity (Wildman–Crippen MR) is 102 cm³/mol. The number of nitrogens with one attached hydrogen (secondary N) is 2. The van der Waals surface area contributed by atoms with Crippen molar-refractivity contribution in [3.63, 3.8) is 0 Å². The van der Waals surface area contributed by atoms with Crippen molar-refractivity contribution < 1.29 is 14.3 Å². The van der Waals surface area contributed by atoms with Crippen molar-refractivity contribution in [2.24, 2.45) is 0 Å². The average molecular weight is 375 g/mol. The first-order valence-corrected chi connectivity index (χ1v) is 8.97. The predicted octanol–water partition coefficient (Wildman–Crippen LogP) is 2.97. The van der Waals surface area contributed by atoms with Gasteiger partial charge in [-0.2, -0.15) is 0 Å². The van der Waals surface area contributed by atoms with Crippen LogP contribution in [0, 0.1) is 0 Å². The van der Waals surface area contributed by atoms with E-state index in [9.17, 15) is 9.59 Å². The molecule has 0 saturated carbocycles. The molecule has 0 bridgehead atoms. The van der Waals surface area contributed by atoms with E-state index in [4.69, 9.17) is 16.3 Å². The van der Waals surface area contributed by atoms with Gasteiger partial charge in [0.05, 0.1) is 18.1 Å². The molecule has 0 aliphatic rings. The van der Waals surface area contributed by atoms with Gasteiger partial charge in [-0.1, -0.05) is 54.1 Å². The van der Waals surface area contributed by atoms with Crippen molar-refractivity contribution >= 4 is 23.4 Å². The van der Waals surface area contributed by atoms with Gasteiger partial charge in [-0.15, -0.1) is 0 Å². The zero-order chi connectivity index (χ0) is 18.6. The highest BCUT2D eigenvalue weighted by Crippen LogP contribution is 2.23. The Hall–Kier alpha value is -2.53. The molecule has 2 rings (SSSR count). The van der Waals surface area contributed by atoms with Gasteiger partial charge in [0, 0.05) is 19.5 Å². The molecule has 138 valence electrons. The quantitative estimate of drug-likeness (QED) is 0.628. The molecule has 2 N–H and O–H groups in total. The largest absolute Gasteiger partial charge is 0.492 e. The Morgan fingerprint density at radius 1 is 0.885 bits per heavy atom. The van der Waals surface area contributed by atoms with Crippen LogP contribution in [0.2, 0.25) is 5.02 Å². The number of amides is 2. The van der Waals surface area contributed by atoms with Crippen molar-refractivity contribution in [3.05, 3.63) is 65.2 Å². The first kappa shape index (κ1) is 19.8. The van der Waals surface area contributed by atoms with Crippen molar-refractivity contribution in [2.45, 2.75) is 19.3 Å². The zero-order valence-corrected chi connectivity index (χ0v) is 15.3. The van der Waals surface area contributed by atoms with E-state index < -0.39 is 0 Å². The Kier molecular flexibility index (Phi) is 8.49. The summed E-state index contributed by atoms with van der Waals surface area (Å²) in [4.78, 5) is 23.5. The summed E-state index contributed by atoms with van der Waals surface area (Å²) >= 11 is 5.99. The minimum Gasteiger partial charge on any atom is -0.492 e. The topological polar surface area (TPSA) is 67.4 Å². The minimum absolute atomic E-state index is 0.0569. The van der Waals surface area contributed by atoms with Crippen LogP contribution in [0.4, 0.5) is 0 Å². The number of hydrogen-bond acceptors (Lipinski definition) is 3. The van der Waals surface area contributed by atoms with Crippen LogP contribution in [0.3, 0.4) is 0 Å². The molecule has 0 unspecified atom stereocenters.